The number of sulfonamides is 1. The predicted octanol–water partition coefficient (Wildman–Crippen LogP) is 1.76. The summed E-state index contributed by atoms with van der Waals surface area (Å²) in [5, 5.41) is 0. The third-order valence-corrected chi connectivity index (χ3v) is 5.76. The molecule has 26 heavy (non-hydrogen) atoms. The molecule has 1 aliphatic heterocycles. The normalized spacial score (nSPS) is 14.2. The van der Waals surface area contributed by atoms with Crippen molar-refractivity contribution in [3.63, 3.8) is 0 Å². The molecular formula is C17H17N3O5S. The van der Waals surface area contributed by atoms with Crippen LogP contribution in [0.4, 0.5) is 11.4 Å². The van der Waals surface area contributed by atoms with Crippen LogP contribution in [0.25, 0.3) is 11.1 Å². The van der Waals surface area contributed by atoms with Crippen molar-refractivity contribution in [3.05, 3.63) is 46.9 Å². The van der Waals surface area contributed by atoms with Crippen molar-refractivity contribution in [2.45, 2.75) is 4.90 Å². The first-order valence-corrected chi connectivity index (χ1v) is 9.44. The van der Waals surface area contributed by atoms with Gasteiger partial charge in [-0.15, -0.1) is 0 Å². The van der Waals surface area contributed by atoms with Gasteiger partial charge >= 0.3 is 5.76 Å². The van der Waals surface area contributed by atoms with Gasteiger partial charge in [-0.05, 0) is 24.3 Å². The molecule has 2 heterocycles. The van der Waals surface area contributed by atoms with E-state index in [1.807, 2.05) is 18.0 Å². The molecule has 0 atom stereocenters. The Labute approximate surface area is 149 Å². The molecule has 1 aliphatic rings. The minimum absolute atomic E-state index is 0.00936. The van der Waals surface area contributed by atoms with E-state index in [-0.39, 0.29) is 10.5 Å². The molecule has 0 aliphatic carbocycles. The monoisotopic (exact) mass is 375 g/mol. The molecule has 0 unspecified atom stereocenters. The summed E-state index contributed by atoms with van der Waals surface area (Å²) in [5.41, 5.74) is 2.05. The number of rotatable bonds is 3. The number of ether oxygens (including phenoxy) is 1. The second-order valence-corrected chi connectivity index (χ2v) is 7.80. The molecule has 0 spiro atoms. The Balaban J connectivity index is 1.68. The van der Waals surface area contributed by atoms with E-state index in [9.17, 15) is 13.2 Å². The fourth-order valence-electron chi connectivity index (χ4n) is 2.92. The quantitative estimate of drug-likeness (QED) is 0.750. The standard InChI is InChI=1S/C17H17N3O5S/c1-19-7-8-24-15-9-11(3-5-13(15)19)18-26(22,23)12-4-6-14-16(10-12)25-17(21)20(14)2/h3-6,9-10,18H,7-8H2,1-2H3. The number of benzene rings is 2. The van der Waals surface area contributed by atoms with Gasteiger partial charge in [0.1, 0.15) is 12.4 Å². The third-order valence-electron chi connectivity index (χ3n) is 4.38. The highest BCUT2D eigenvalue weighted by molar-refractivity contribution is 7.92. The number of nitrogens with zero attached hydrogens (tertiary/aromatic N) is 2. The number of fused-ring (bicyclic) bond motifs is 2. The highest BCUT2D eigenvalue weighted by atomic mass is 32.2. The van der Waals surface area contributed by atoms with Gasteiger partial charge in [0.15, 0.2) is 5.58 Å². The SMILES string of the molecule is CN1CCOc2cc(NS(=O)(=O)c3ccc4c(c3)oc(=O)n4C)ccc21. The number of hydrogen-bond donors (Lipinski definition) is 1. The van der Waals surface area contributed by atoms with Crippen molar-refractivity contribution < 1.29 is 17.6 Å². The number of oxazole rings is 1. The smallest absolute Gasteiger partial charge is 0.419 e. The van der Waals surface area contributed by atoms with Gasteiger partial charge in [0.25, 0.3) is 10.0 Å². The maximum atomic E-state index is 12.7. The summed E-state index contributed by atoms with van der Waals surface area (Å²) in [4.78, 5) is 13.6. The number of hydrogen-bond acceptors (Lipinski definition) is 6. The van der Waals surface area contributed by atoms with E-state index in [1.165, 1.54) is 16.7 Å². The van der Waals surface area contributed by atoms with E-state index < -0.39 is 15.8 Å². The van der Waals surface area contributed by atoms with Crippen molar-refractivity contribution in [3.8, 4) is 5.75 Å². The van der Waals surface area contributed by atoms with Crippen LogP contribution >= 0.6 is 0 Å². The van der Waals surface area contributed by atoms with Crippen molar-refractivity contribution in [2.24, 2.45) is 7.05 Å². The van der Waals surface area contributed by atoms with Gasteiger partial charge in [0, 0.05) is 26.2 Å². The summed E-state index contributed by atoms with van der Waals surface area (Å²) < 4.78 is 39.9. The van der Waals surface area contributed by atoms with Crippen LogP contribution in [0.2, 0.25) is 0 Å². The van der Waals surface area contributed by atoms with Crippen molar-refractivity contribution >= 4 is 32.5 Å². The molecule has 1 N–H and O–H groups in total. The first kappa shape index (κ1) is 16.5. The maximum Gasteiger partial charge on any atom is 0.419 e. The van der Waals surface area contributed by atoms with Gasteiger partial charge in [0.2, 0.25) is 0 Å². The Morgan fingerprint density at radius 3 is 2.73 bits per heavy atom. The lowest BCUT2D eigenvalue weighted by Gasteiger charge is -2.28. The second kappa shape index (κ2) is 5.80. The van der Waals surface area contributed by atoms with Crippen LogP contribution in [0.1, 0.15) is 0 Å². The summed E-state index contributed by atoms with van der Waals surface area (Å²) in [7, 11) is -0.326. The van der Waals surface area contributed by atoms with E-state index in [4.69, 9.17) is 9.15 Å². The van der Waals surface area contributed by atoms with Gasteiger partial charge in [-0.1, -0.05) is 0 Å². The third kappa shape index (κ3) is 2.70. The van der Waals surface area contributed by atoms with Crippen LogP contribution in [-0.2, 0) is 17.1 Å². The van der Waals surface area contributed by atoms with E-state index in [0.717, 1.165) is 12.2 Å². The molecule has 0 radical (unpaired) electrons. The zero-order chi connectivity index (χ0) is 18.5. The minimum Gasteiger partial charge on any atom is -0.489 e. The average Bonchev–Trinajstić information content (AvgIpc) is 2.88. The van der Waals surface area contributed by atoms with E-state index in [1.54, 1.807) is 25.2 Å². The molecular weight excluding hydrogens is 358 g/mol. The summed E-state index contributed by atoms with van der Waals surface area (Å²) in [6.45, 7) is 1.32. The average molecular weight is 375 g/mol. The molecule has 0 fully saturated rings. The highest BCUT2D eigenvalue weighted by Crippen LogP contribution is 2.34. The second-order valence-electron chi connectivity index (χ2n) is 6.11. The Hall–Kier alpha value is -2.94. The van der Waals surface area contributed by atoms with E-state index >= 15 is 0 Å². The zero-order valence-electron chi connectivity index (χ0n) is 14.2. The van der Waals surface area contributed by atoms with Crippen molar-refractivity contribution in [2.75, 3.05) is 29.8 Å². The molecule has 0 saturated carbocycles. The molecule has 3 aromatic rings. The van der Waals surface area contributed by atoms with Crippen LogP contribution in [0, 0.1) is 0 Å². The molecule has 136 valence electrons. The molecule has 2 aromatic carbocycles. The Morgan fingerprint density at radius 2 is 1.92 bits per heavy atom. The van der Waals surface area contributed by atoms with Crippen LogP contribution in [0.15, 0.2) is 50.5 Å². The molecule has 0 bridgehead atoms. The van der Waals surface area contributed by atoms with Gasteiger partial charge in [0.05, 0.1) is 28.3 Å². The van der Waals surface area contributed by atoms with E-state index in [0.29, 0.717) is 23.6 Å². The summed E-state index contributed by atoms with van der Waals surface area (Å²) >= 11 is 0. The highest BCUT2D eigenvalue weighted by Gasteiger charge is 2.20. The molecule has 1 aromatic heterocycles. The van der Waals surface area contributed by atoms with Gasteiger partial charge < -0.3 is 14.1 Å². The molecule has 4 rings (SSSR count). The number of aryl methyl sites for hydroxylation is 1. The number of aromatic nitrogens is 1. The first-order chi connectivity index (χ1) is 12.3. The van der Waals surface area contributed by atoms with Crippen molar-refractivity contribution in [1.29, 1.82) is 0 Å². The Bertz CT molecular complexity index is 1160. The van der Waals surface area contributed by atoms with Crippen molar-refractivity contribution in [1.82, 2.24) is 4.57 Å². The molecule has 8 nitrogen and oxygen atoms in total. The van der Waals surface area contributed by atoms with Crippen LogP contribution in [0.5, 0.6) is 5.75 Å². The molecule has 9 heteroatoms. The number of anilines is 2. The van der Waals surface area contributed by atoms with Crippen LogP contribution in [-0.4, -0.2) is 33.2 Å². The molecule has 0 amide bonds. The number of likely N-dealkylation sites (N-methyl/N-ethyl adjacent to an activating group) is 1. The van der Waals surface area contributed by atoms with E-state index in [2.05, 4.69) is 4.72 Å². The first-order valence-electron chi connectivity index (χ1n) is 7.95. The lowest BCUT2D eigenvalue weighted by atomic mass is 10.2. The molecule has 0 saturated heterocycles. The minimum atomic E-state index is -3.84. The maximum absolute atomic E-state index is 12.7. The fourth-order valence-corrected chi connectivity index (χ4v) is 3.98. The predicted molar refractivity (Wildman–Crippen MR) is 97.5 cm³/mol. The van der Waals surface area contributed by atoms with Crippen LogP contribution in [0.3, 0.4) is 0 Å². The van der Waals surface area contributed by atoms with Gasteiger partial charge in [-0.2, -0.15) is 0 Å². The number of nitrogens with one attached hydrogen (secondary N) is 1. The fraction of sp³-hybridized carbons (Fsp3) is 0.235. The largest absolute Gasteiger partial charge is 0.489 e. The lowest BCUT2D eigenvalue weighted by Crippen LogP contribution is -2.28. The Morgan fingerprint density at radius 1 is 1.12 bits per heavy atom. The van der Waals surface area contributed by atoms with Gasteiger partial charge in [-0.25, -0.2) is 13.2 Å². The van der Waals surface area contributed by atoms with Gasteiger partial charge in [-0.3, -0.25) is 9.29 Å². The Kier molecular flexibility index (Phi) is 3.69. The summed E-state index contributed by atoms with van der Waals surface area (Å²) in [6, 6.07) is 9.46. The zero-order valence-corrected chi connectivity index (χ0v) is 15.0. The lowest BCUT2D eigenvalue weighted by molar-refractivity contribution is 0.311. The van der Waals surface area contributed by atoms with Crippen LogP contribution < -0.4 is 20.1 Å². The summed E-state index contributed by atoms with van der Waals surface area (Å²) in [6.07, 6.45) is 0. The topological polar surface area (TPSA) is 93.8 Å². The summed E-state index contributed by atoms with van der Waals surface area (Å²) in [5.74, 6) is 0.0851.